The van der Waals surface area contributed by atoms with Gasteiger partial charge in [0.15, 0.2) is 0 Å². The van der Waals surface area contributed by atoms with E-state index in [1.54, 1.807) is 36.4 Å². The number of benzene rings is 3. The first-order chi connectivity index (χ1) is 15.1. The van der Waals surface area contributed by atoms with E-state index in [9.17, 15) is 10.1 Å². The second-order valence-electron chi connectivity index (χ2n) is 6.90. The number of carbonyl (C=O) groups is 1. The maximum atomic E-state index is 12.5. The van der Waals surface area contributed by atoms with E-state index in [1.165, 1.54) is 0 Å². The van der Waals surface area contributed by atoms with Crippen LogP contribution in [-0.4, -0.2) is 5.91 Å². The Morgan fingerprint density at radius 3 is 2.35 bits per heavy atom. The van der Waals surface area contributed by atoms with Crippen LogP contribution in [0.5, 0.6) is 5.75 Å². The molecule has 0 aliphatic rings. The highest BCUT2D eigenvalue weighted by Crippen LogP contribution is 2.18. The Morgan fingerprint density at radius 2 is 1.68 bits per heavy atom. The van der Waals surface area contributed by atoms with Crippen molar-refractivity contribution >= 4 is 12.0 Å². The summed E-state index contributed by atoms with van der Waals surface area (Å²) < 4.78 is 5.75. The Bertz CT molecular complexity index is 1150. The zero-order valence-corrected chi connectivity index (χ0v) is 17.1. The summed E-state index contributed by atoms with van der Waals surface area (Å²) in [4.78, 5) is 12.5. The lowest BCUT2D eigenvalue weighted by molar-refractivity contribution is -0.117. The topological polar surface area (TPSA) is 85.9 Å². The fraction of sp³-hybridized carbons (Fsp3) is 0.115. The molecule has 0 aliphatic heterocycles. The molecule has 0 radical (unpaired) electrons. The third-order valence-electron chi connectivity index (χ3n) is 4.74. The number of hydrogen-bond donors (Lipinski definition) is 1. The van der Waals surface area contributed by atoms with Crippen LogP contribution in [0.4, 0.5) is 0 Å². The summed E-state index contributed by atoms with van der Waals surface area (Å²) in [5.74, 6) is 0.206. The lowest BCUT2D eigenvalue weighted by Crippen LogP contribution is -2.27. The summed E-state index contributed by atoms with van der Waals surface area (Å²) in [6.45, 7) is 2.15. The first-order valence-electron chi connectivity index (χ1n) is 9.79. The Morgan fingerprint density at radius 1 is 1.00 bits per heavy atom. The molecule has 1 amide bonds. The molecule has 0 heterocycles. The number of amides is 1. The van der Waals surface area contributed by atoms with E-state index in [-0.39, 0.29) is 18.2 Å². The van der Waals surface area contributed by atoms with Crippen molar-refractivity contribution < 1.29 is 9.53 Å². The van der Waals surface area contributed by atoms with Crippen LogP contribution < -0.4 is 10.1 Å². The van der Waals surface area contributed by atoms with Crippen molar-refractivity contribution in [3.8, 4) is 17.9 Å². The van der Waals surface area contributed by atoms with Crippen molar-refractivity contribution in [2.24, 2.45) is 0 Å². The summed E-state index contributed by atoms with van der Waals surface area (Å²) in [6.07, 6.45) is 1.54. The average Bonchev–Trinajstić information content (AvgIpc) is 2.82. The first kappa shape index (κ1) is 21.4. The van der Waals surface area contributed by atoms with Gasteiger partial charge in [-0.3, -0.25) is 4.79 Å². The van der Waals surface area contributed by atoms with Crippen molar-refractivity contribution in [3.05, 3.63) is 107 Å². The molecule has 1 atom stereocenters. The highest BCUT2D eigenvalue weighted by molar-refractivity contribution is 6.01. The van der Waals surface area contributed by atoms with Crippen molar-refractivity contribution in [1.29, 1.82) is 10.5 Å². The van der Waals surface area contributed by atoms with Gasteiger partial charge in [-0.25, -0.2) is 0 Å². The quantitative estimate of drug-likeness (QED) is 0.445. The number of ether oxygens (including phenoxy) is 1. The predicted octanol–water partition coefficient (Wildman–Crippen LogP) is 4.92. The smallest absolute Gasteiger partial charge is 0.262 e. The third-order valence-corrected chi connectivity index (χ3v) is 4.74. The fourth-order valence-corrected chi connectivity index (χ4v) is 2.99. The maximum Gasteiger partial charge on any atom is 0.262 e. The van der Waals surface area contributed by atoms with Gasteiger partial charge in [0.05, 0.1) is 17.7 Å². The van der Waals surface area contributed by atoms with Crippen LogP contribution in [-0.2, 0) is 11.4 Å². The lowest BCUT2D eigenvalue weighted by atomic mass is 10.1. The predicted molar refractivity (Wildman–Crippen MR) is 119 cm³/mol. The van der Waals surface area contributed by atoms with Crippen molar-refractivity contribution in [2.75, 3.05) is 0 Å². The summed E-state index contributed by atoms with van der Waals surface area (Å²) in [5.41, 5.74) is 3.09. The van der Waals surface area contributed by atoms with Crippen LogP contribution in [0.2, 0.25) is 0 Å². The average molecular weight is 407 g/mol. The standard InChI is InChI=1S/C26H21N3O2/c1-19(21-7-3-2-4-8-21)29-26(30)24(17-28)15-20-11-13-25(14-12-20)31-18-23-10-6-5-9-22(23)16-27/h2-15,19H,18H2,1H3,(H,29,30)/b24-15+/t19-/m0/s1. The number of nitrogens with zero attached hydrogens (tertiary/aromatic N) is 2. The summed E-state index contributed by atoms with van der Waals surface area (Å²) in [5, 5.41) is 21.4. The maximum absolute atomic E-state index is 12.5. The molecule has 0 fully saturated rings. The van der Waals surface area contributed by atoms with E-state index in [0.717, 1.165) is 11.1 Å². The number of nitriles is 2. The van der Waals surface area contributed by atoms with E-state index in [2.05, 4.69) is 11.4 Å². The summed E-state index contributed by atoms with van der Waals surface area (Å²) in [7, 11) is 0. The van der Waals surface area contributed by atoms with Crippen LogP contribution >= 0.6 is 0 Å². The van der Waals surface area contributed by atoms with E-state index in [0.29, 0.717) is 16.9 Å². The van der Waals surface area contributed by atoms with E-state index >= 15 is 0 Å². The molecule has 0 aliphatic carbocycles. The minimum Gasteiger partial charge on any atom is -0.489 e. The minimum absolute atomic E-state index is 0.0272. The van der Waals surface area contributed by atoms with Crippen LogP contribution in [0.1, 0.15) is 35.2 Å². The number of carbonyl (C=O) groups excluding carboxylic acids is 1. The van der Waals surface area contributed by atoms with Crippen molar-refractivity contribution in [1.82, 2.24) is 5.32 Å². The summed E-state index contributed by atoms with van der Waals surface area (Å²) >= 11 is 0. The third kappa shape index (κ3) is 5.82. The molecule has 0 saturated carbocycles. The van der Waals surface area contributed by atoms with Gasteiger partial charge >= 0.3 is 0 Å². The number of nitrogens with one attached hydrogen (secondary N) is 1. The minimum atomic E-state index is -0.424. The highest BCUT2D eigenvalue weighted by atomic mass is 16.5. The Balaban J connectivity index is 1.64. The Labute approximate surface area is 181 Å². The first-order valence-corrected chi connectivity index (χ1v) is 9.79. The zero-order valence-electron chi connectivity index (χ0n) is 17.1. The van der Waals surface area contributed by atoms with Crippen LogP contribution in [0.3, 0.4) is 0 Å². The molecular weight excluding hydrogens is 386 g/mol. The molecule has 0 saturated heterocycles. The second-order valence-corrected chi connectivity index (χ2v) is 6.90. The summed E-state index contributed by atoms with van der Waals surface area (Å²) in [6, 6.07) is 27.8. The Hall–Kier alpha value is -4.35. The zero-order chi connectivity index (χ0) is 22.1. The highest BCUT2D eigenvalue weighted by Gasteiger charge is 2.13. The molecule has 0 spiro atoms. The van der Waals surface area contributed by atoms with Crippen LogP contribution in [0, 0.1) is 22.7 Å². The van der Waals surface area contributed by atoms with Gasteiger partial charge in [0.25, 0.3) is 5.91 Å². The van der Waals surface area contributed by atoms with E-state index in [4.69, 9.17) is 10.00 Å². The van der Waals surface area contributed by atoms with Crippen molar-refractivity contribution in [3.63, 3.8) is 0 Å². The van der Waals surface area contributed by atoms with Gasteiger partial charge < -0.3 is 10.1 Å². The number of hydrogen-bond acceptors (Lipinski definition) is 4. The molecule has 31 heavy (non-hydrogen) atoms. The molecule has 5 nitrogen and oxygen atoms in total. The molecular formula is C26H21N3O2. The molecule has 3 aromatic carbocycles. The van der Waals surface area contributed by atoms with Gasteiger partial charge in [0.2, 0.25) is 0 Å². The van der Waals surface area contributed by atoms with Gasteiger partial charge in [0, 0.05) is 5.56 Å². The van der Waals surface area contributed by atoms with Gasteiger partial charge in [-0.05, 0) is 42.3 Å². The number of rotatable bonds is 7. The van der Waals surface area contributed by atoms with Crippen LogP contribution in [0.15, 0.2) is 84.4 Å². The second kappa shape index (κ2) is 10.4. The fourth-order valence-electron chi connectivity index (χ4n) is 2.99. The molecule has 0 unspecified atom stereocenters. The van der Waals surface area contributed by atoms with Crippen LogP contribution in [0.25, 0.3) is 6.08 Å². The van der Waals surface area contributed by atoms with Gasteiger partial charge in [-0.15, -0.1) is 0 Å². The van der Waals surface area contributed by atoms with Gasteiger partial charge in [-0.2, -0.15) is 10.5 Å². The van der Waals surface area contributed by atoms with Crippen molar-refractivity contribution in [2.45, 2.75) is 19.6 Å². The normalized spacial score (nSPS) is 11.6. The van der Waals surface area contributed by atoms with E-state index in [1.807, 2.05) is 61.5 Å². The van der Waals surface area contributed by atoms with Gasteiger partial charge in [0.1, 0.15) is 24.0 Å². The monoisotopic (exact) mass is 407 g/mol. The molecule has 5 heteroatoms. The largest absolute Gasteiger partial charge is 0.489 e. The molecule has 0 bridgehead atoms. The van der Waals surface area contributed by atoms with E-state index < -0.39 is 5.91 Å². The molecule has 152 valence electrons. The molecule has 0 aromatic heterocycles. The Kier molecular flexibility index (Phi) is 7.19. The molecule has 3 aromatic rings. The lowest BCUT2D eigenvalue weighted by Gasteiger charge is -2.13. The molecule has 3 rings (SSSR count). The SMILES string of the molecule is C[C@H](NC(=O)/C(C#N)=C/c1ccc(OCc2ccccc2C#N)cc1)c1ccccc1. The van der Waals surface area contributed by atoms with Gasteiger partial charge in [-0.1, -0.05) is 60.7 Å². The molecule has 1 N–H and O–H groups in total.